The zero-order valence-electron chi connectivity index (χ0n) is 20.5. The topological polar surface area (TPSA) is 67.4 Å². The number of anilines is 1. The average molecular weight is 502 g/mol. The van der Waals surface area contributed by atoms with Crippen molar-refractivity contribution in [1.82, 2.24) is 14.7 Å². The molecule has 36 heavy (non-hydrogen) atoms. The Balaban J connectivity index is 1.35. The third-order valence-electron chi connectivity index (χ3n) is 6.78. The van der Waals surface area contributed by atoms with Gasteiger partial charge >= 0.3 is 6.18 Å². The number of piperazine rings is 1. The van der Waals surface area contributed by atoms with E-state index in [1.54, 1.807) is 12.1 Å². The fourth-order valence-corrected chi connectivity index (χ4v) is 4.85. The van der Waals surface area contributed by atoms with Crippen molar-refractivity contribution in [2.24, 2.45) is 0 Å². The van der Waals surface area contributed by atoms with E-state index < -0.39 is 11.7 Å². The first kappa shape index (κ1) is 25.7. The largest absolute Gasteiger partial charge is 0.416 e. The number of aromatic nitrogens is 2. The van der Waals surface area contributed by atoms with E-state index in [4.69, 9.17) is 5.10 Å². The van der Waals surface area contributed by atoms with Crippen LogP contribution in [0.1, 0.15) is 30.2 Å². The molecule has 192 valence electrons. The van der Waals surface area contributed by atoms with Gasteiger partial charge in [0.2, 0.25) is 0 Å². The molecule has 0 aliphatic carbocycles. The van der Waals surface area contributed by atoms with E-state index in [9.17, 15) is 23.3 Å². The van der Waals surface area contributed by atoms with E-state index in [2.05, 4.69) is 16.7 Å². The van der Waals surface area contributed by atoms with Crippen molar-refractivity contribution in [3.63, 3.8) is 0 Å². The van der Waals surface area contributed by atoms with Gasteiger partial charge in [-0.25, -0.2) is 0 Å². The highest BCUT2D eigenvalue weighted by Gasteiger charge is 2.30. The van der Waals surface area contributed by atoms with Gasteiger partial charge < -0.3 is 4.90 Å². The van der Waals surface area contributed by atoms with Gasteiger partial charge in [0.15, 0.2) is 0 Å². The molecule has 1 fully saturated rings. The first-order valence-electron chi connectivity index (χ1n) is 12.1. The summed E-state index contributed by atoms with van der Waals surface area (Å²) in [5.41, 5.74) is 3.62. The number of nitrogens with zero attached hydrogens (tertiary/aromatic N) is 5. The number of aryl methyl sites for hydroxylation is 1. The lowest BCUT2D eigenvalue weighted by Gasteiger charge is -2.35. The maximum absolute atomic E-state index is 12.9. The van der Waals surface area contributed by atoms with Crippen molar-refractivity contribution in [3.8, 4) is 11.3 Å². The Bertz CT molecular complexity index is 1200. The second kappa shape index (κ2) is 10.7. The summed E-state index contributed by atoms with van der Waals surface area (Å²) in [7, 11) is 0. The first-order valence-corrected chi connectivity index (χ1v) is 12.1. The normalized spacial score (nSPS) is 14.9. The number of rotatable bonds is 8. The molecule has 7 nitrogen and oxygen atoms in total. The molecule has 1 aliphatic rings. The van der Waals surface area contributed by atoms with E-state index in [1.165, 1.54) is 18.2 Å². The minimum atomic E-state index is -4.36. The minimum absolute atomic E-state index is 0.135. The molecule has 0 unspecified atom stereocenters. The fourth-order valence-electron chi connectivity index (χ4n) is 4.85. The molecule has 1 aromatic heterocycles. The molecule has 10 heteroatoms. The average Bonchev–Trinajstić information content (AvgIpc) is 3.19. The Kier molecular flexibility index (Phi) is 7.63. The second-order valence-corrected chi connectivity index (χ2v) is 9.00. The van der Waals surface area contributed by atoms with Gasteiger partial charge in [0, 0.05) is 56.6 Å². The summed E-state index contributed by atoms with van der Waals surface area (Å²) in [6.45, 7) is 8.71. The smallest absolute Gasteiger partial charge is 0.363 e. The van der Waals surface area contributed by atoms with Gasteiger partial charge in [-0.1, -0.05) is 31.2 Å². The molecule has 2 heterocycles. The molecule has 1 aliphatic heterocycles. The van der Waals surface area contributed by atoms with E-state index in [0.29, 0.717) is 11.3 Å². The van der Waals surface area contributed by atoms with Gasteiger partial charge in [-0.15, -0.1) is 0 Å². The number of benzene rings is 2. The maximum atomic E-state index is 12.9. The Hall–Kier alpha value is -3.40. The zero-order chi connectivity index (χ0) is 25.9. The van der Waals surface area contributed by atoms with Crippen LogP contribution >= 0.6 is 0 Å². The molecule has 2 aromatic carbocycles. The monoisotopic (exact) mass is 501 g/mol. The fraction of sp³-hybridized carbons (Fsp3) is 0.423. The van der Waals surface area contributed by atoms with Gasteiger partial charge in [-0.05, 0) is 43.5 Å². The molecule has 1 saturated heterocycles. The van der Waals surface area contributed by atoms with Crippen LogP contribution in [0.3, 0.4) is 0 Å². The molecule has 0 amide bonds. The van der Waals surface area contributed by atoms with Crippen LogP contribution in [0.15, 0.2) is 48.5 Å². The number of hydrogen-bond donors (Lipinski definition) is 0. The Morgan fingerprint density at radius 3 is 2.28 bits per heavy atom. The summed E-state index contributed by atoms with van der Waals surface area (Å²) in [5.74, 6) is 0. The van der Waals surface area contributed by atoms with E-state index in [1.807, 2.05) is 17.7 Å². The first-order chi connectivity index (χ1) is 17.2. The Morgan fingerprint density at radius 2 is 1.67 bits per heavy atom. The lowest BCUT2D eigenvalue weighted by molar-refractivity contribution is -0.384. The van der Waals surface area contributed by atoms with Gasteiger partial charge in [0.25, 0.3) is 5.69 Å². The maximum Gasteiger partial charge on any atom is 0.416 e. The molecular weight excluding hydrogens is 471 g/mol. The summed E-state index contributed by atoms with van der Waals surface area (Å²) >= 11 is 0. The van der Waals surface area contributed by atoms with Gasteiger partial charge in [-0.2, -0.15) is 18.3 Å². The van der Waals surface area contributed by atoms with Crippen molar-refractivity contribution in [3.05, 3.63) is 75.5 Å². The van der Waals surface area contributed by atoms with Crippen LogP contribution in [0, 0.1) is 17.0 Å². The minimum Gasteiger partial charge on any atom is -0.363 e. The molecular formula is C26H30F3N5O2. The van der Waals surface area contributed by atoms with Crippen LogP contribution in [0.25, 0.3) is 11.3 Å². The number of halogens is 3. The molecule has 0 bridgehead atoms. The van der Waals surface area contributed by atoms with Gasteiger partial charge in [0.1, 0.15) is 5.69 Å². The van der Waals surface area contributed by atoms with Crippen LogP contribution in [0.2, 0.25) is 0 Å². The van der Waals surface area contributed by atoms with Gasteiger partial charge in [-0.3, -0.25) is 19.7 Å². The van der Waals surface area contributed by atoms with Crippen molar-refractivity contribution in [2.45, 2.75) is 39.4 Å². The highest BCUT2D eigenvalue weighted by Crippen LogP contribution is 2.32. The van der Waals surface area contributed by atoms with Crippen LogP contribution in [0.4, 0.5) is 24.5 Å². The van der Waals surface area contributed by atoms with Gasteiger partial charge in [0.05, 0.1) is 16.2 Å². The molecule has 0 atom stereocenters. The van der Waals surface area contributed by atoms with Crippen LogP contribution < -0.4 is 4.90 Å². The highest BCUT2D eigenvalue weighted by atomic mass is 19.4. The quantitative estimate of drug-likeness (QED) is 0.299. The summed E-state index contributed by atoms with van der Waals surface area (Å²) in [6, 6.07) is 12.0. The second-order valence-electron chi connectivity index (χ2n) is 9.00. The zero-order valence-corrected chi connectivity index (χ0v) is 20.5. The third kappa shape index (κ3) is 5.53. The number of nitro groups is 1. The molecule has 0 radical (unpaired) electrons. The van der Waals surface area contributed by atoms with Crippen molar-refractivity contribution < 1.29 is 18.1 Å². The van der Waals surface area contributed by atoms with Crippen molar-refractivity contribution in [2.75, 3.05) is 37.6 Å². The molecule has 4 rings (SSSR count). The van der Waals surface area contributed by atoms with Crippen LogP contribution in [0.5, 0.6) is 0 Å². The molecule has 3 aromatic rings. The van der Waals surface area contributed by atoms with Crippen LogP contribution in [-0.4, -0.2) is 52.3 Å². The summed E-state index contributed by atoms with van der Waals surface area (Å²) in [6.07, 6.45) is -2.69. The Morgan fingerprint density at radius 1 is 1.00 bits per heavy atom. The summed E-state index contributed by atoms with van der Waals surface area (Å²) in [4.78, 5) is 15.4. The lowest BCUT2D eigenvalue weighted by atomic mass is 10.0. The number of para-hydroxylation sites is 2. The number of hydrogen-bond acceptors (Lipinski definition) is 5. The van der Waals surface area contributed by atoms with E-state index in [-0.39, 0.29) is 10.6 Å². The molecule has 0 spiro atoms. The summed E-state index contributed by atoms with van der Waals surface area (Å²) in [5, 5.41) is 16.1. The highest BCUT2D eigenvalue weighted by molar-refractivity contribution is 5.64. The summed E-state index contributed by atoms with van der Waals surface area (Å²) < 4.78 is 40.7. The lowest BCUT2D eigenvalue weighted by Crippen LogP contribution is -2.46. The number of alkyl halides is 3. The third-order valence-corrected chi connectivity index (χ3v) is 6.78. The van der Waals surface area contributed by atoms with E-state index in [0.717, 1.165) is 81.2 Å². The van der Waals surface area contributed by atoms with E-state index >= 15 is 0 Å². The Labute approximate surface area is 208 Å². The number of nitro benzene ring substituents is 1. The van der Waals surface area contributed by atoms with Crippen molar-refractivity contribution >= 4 is 11.4 Å². The van der Waals surface area contributed by atoms with Crippen LogP contribution in [-0.2, 0) is 19.1 Å². The van der Waals surface area contributed by atoms with Crippen molar-refractivity contribution in [1.29, 1.82) is 0 Å². The standard InChI is InChI=1S/C26H30F3N5O2/c1-3-22-19(2)25(20-9-11-21(12-10-20)26(27,28)29)30-33(22)14-6-13-31-15-17-32(18-16-31)23-7-4-5-8-24(23)34(35)36/h4-5,7-12H,3,6,13-18H2,1-2H3. The SMILES string of the molecule is CCc1c(C)c(-c2ccc(C(F)(F)F)cc2)nn1CCCN1CCN(c2ccccc2[N+](=O)[O-])CC1. The molecule has 0 saturated carbocycles. The predicted octanol–water partition coefficient (Wildman–Crippen LogP) is 5.56. The predicted molar refractivity (Wildman–Crippen MR) is 133 cm³/mol. The molecule has 0 N–H and O–H groups in total.